The summed E-state index contributed by atoms with van der Waals surface area (Å²) in [7, 11) is 0. The van der Waals surface area contributed by atoms with Crippen LogP contribution in [0.25, 0.3) is 0 Å². The van der Waals surface area contributed by atoms with E-state index in [1.165, 1.54) is 0 Å². The Hall–Kier alpha value is -0.520. The summed E-state index contributed by atoms with van der Waals surface area (Å²) < 4.78 is 2.34. The molecule has 2 aromatic carbocycles. The average Bonchev–Trinajstić information content (AvgIpc) is 2.36. The third-order valence-corrected chi connectivity index (χ3v) is 4.82. The minimum absolute atomic E-state index is 0.241. The van der Waals surface area contributed by atoms with Crippen LogP contribution in [0.4, 0.5) is 0 Å². The Labute approximate surface area is 136 Å². The molecule has 0 unspecified atom stereocenters. The minimum Gasteiger partial charge on any atom is -0.507 e. The highest BCUT2D eigenvalue weighted by atomic mass is 79.9. The maximum atomic E-state index is 9.69. The number of phenolic OH excluding ortho intramolecular Hbond substituents is 2. The summed E-state index contributed by atoms with van der Waals surface area (Å²) >= 11 is 10.1. The van der Waals surface area contributed by atoms with Gasteiger partial charge in [0.1, 0.15) is 11.5 Å². The fourth-order valence-electron chi connectivity index (χ4n) is 1.76. The van der Waals surface area contributed by atoms with Gasteiger partial charge >= 0.3 is 0 Å². The SMILES string of the molecule is Oc1ccc(CCc2cc(O)c(Br)cc2Br)cc1Br. The summed E-state index contributed by atoms with van der Waals surface area (Å²) in [4.78, 5) is 0. The van der Waals surface area contributed by atoms with Crippen LogP contribution >= 0.6 is 47.8 Å². The predicted molar refractivity (Wildman–Crippen MR) is 86.7 cm³/mol. The molecule has 0 aliphatic rings. The second kappa shape index (κ2) is 6.29. The number of phenols is 2. The first-order chi connectivity index (χ1) is 8.97. The topological polar surface area (TPSA) is 40.5 Å². The summed E-state index contributed by atoms with van der Waals surface area (Å²) in [5.41, 5.74) is 2.17. The molecule has 0 spiro atoms. The zero-order valence-corrected chi connectivity index (χ0v) is 14.6. The van der Waals surface area contributed by atoms with Crippen LogP contribution < -0.4 is 0 Å². The molecule has 0 fully saturated rings. The van der Waals surface area contributed by atoms with Crippen molar-refractivity contribution in [2.75, 3.05) is 0 Å². The predicted octanol–water partition coefficient (Wildman–Crippen LogP) is 5.17. The average molecular weight is 451 g/mol. The van der Waals surface area contributed by atoms with E-state index < -0.39 is 0 Å². The second-order valence-electron chi connectivity index (χ2n) is 4.18. The van der Waals surface area contributed by atoms with Crippen LogP contribution in [0, 0.1) is 0 Å². The number of benzene rings is 2. The largest absolute Gasteiger partial charge is 0.507 e. The molecule has 0 heterocycles. The molecule has 0 saturated heterocycles. The molecule has 0 bridgehead atoms. The quantitative estimate of drug-likeness (QED) is 0.677. The van der Waals surface area contributed by atoms with Crippen LogP contribution in [0.1, 0.15) is 11.1 Å². The molecule has 2 nitrogen and oxygen atoms in total. The van der Waals surface area contributed by atoms with Crippen LogP contribution in [-0.2, 0) is 12.8 Å². The summed E-state index contributed by atoms with van der Waals surface area (Å²) in [6.45, 7) is 0. The first-order valence-corrected chi connectivity index (χ1v) is 7.99. The summed E-state index contributed by atoms with van der Waals surface area (Å²) in [6.07, 6.45) is 1.64. The van der Waals surface area contributed by atoms with Crippen molar-refractivity contribution in [3.8, 4) is 11.5 Å². The molecule has 0 amide bonds. The lowest BCUT2D eigenvalue weighted by Crippen LogP contribution is -1.93. The van der Waals surface area contributed by atoms with E-state index in [0.717, 1.165) is 28.4 Å². The van der Waals surface area contributed by atoms with Gasteiger partial charge in [0, 0.05) is 4.47 Å². The standard InChI is InChI=1S/C14H11Br3O2/c15-10-7-12(17)14(19)6-9(10)3-1-8-2-4-13(18)11(16)5-8/h2,4-7,18-19H,1,3H2. The van der Waals surface area contributed by atoms with Gasteiger partial charge in [0.05, 0.1) is 8.95 Å². The third-order valence-electron chi connectivity index (χ3n) is 2.81. The van der Waals surface area contributed by atoms with Crippen molar-refractivity contribution in [2.45, 2.75) is 12.8 Å². The van der Waals surface area contributed by atoms with Crippen LogP contribution in [-0.4, -0.2) is 10.2 Å². The number of aryl methyl sites for hydroxylation is 2. The molecule has 2 N–H and O–H groups in total. The second-order valence-corrected chi connectivity index (χ2v) is 6.74. The van der Waals surface area contributed by atoms with E-state index in [1.54, 1.807) is 12.1 Å². The van der Waals surface area contributed by atoms with Gasteiger partial charge in [-0.15, -0.1) is 0 Å². The van der Waals surface area contributed by atoms with Gasteiger partial charge in [0.25, 0.3) is 0 Å². The molecule has 0 aliphatic heterocycles. The van der Waals surface area contributed by atoms with Gasteiger partial charge in [-0.1, -0.05) is 22.0 Å². The molecular weight excluding hydrogens is 440 g/mol. The van der Waals surface area contributed by atoms with Crippen molar-refractivity contribution in [2.24, 2.45) is 0 Å². The third kappa shape index (κ3) is 3.74. The van der Waals surface area contributed by atoms with E-state index in [2.05, 4.69) is 47.8 Å². The van der Waals surface area contributed by atoms with Crippen molar-refractivity contribution < 1.29 is 10.2 Å². The zero-order valence-electron chi connectivity index (χ0n) is 9.83. The fourth-order valence-corrected chi connectivity index (χ4v) is 3.38. The Morgan fingerprint density at radius 3 is 2.11 bits per heavy atom. The van der Waals surface area contributed by atoms with Crippen LogP contribution in [0.15, 0.2) is 43.7 Å². The van der Waals surface area contributed by atoms with E-state index >= 15 is 0 Å². The Kier molecular flexibility index (Phi) is 4.92. The fraction of sp³-hybridized carbons (Fsp3) is 0.143. The molecule has 2 rings (SSSR count). The maximum Gasteiger partial charge on any atom is 0.130 e. The van der Waals surface area contributed by atoms with Crippen molar-refractivity contribution >= 4 is 47.8 Å². The number of hydrogen-bond acceptors (Lipinski definition) is 2. The van der Waals surface area contributed by atoms with Gasteiger partial charge in [0.15, 0.2) is 0 Å². The van der Waals surface area contributed by atoms with E-state index in [0.29, 0.717) is 8.95 Å². The number of halogens is 3. The van der Waals surface area contributed by atoms with Gasteiger partial charge in [-0.05, 0) is 80.1 Å². The van der Waals surface area contributed by atoms with E-state index in [1.807, 2.05) is 18.2 Å². The highest BCUT2D eigenvalue weighted by molar-refractivity contribution is 9.11. The Bertz CT molecular complexity index is 612. The molecule has 0 atom stereocenters. The summed E-state index contributed by atoms with van der Waals surface area (Å²) in [5.74, 6) is 0.483. The molecular formula is C14H11Br3O2. The zero-order chi connectivity index (χ0) is 14.0. The lowest BCUT2D eigenvalue weighted by Gasteiger charge is -2.08. The first-order valence-electron chi connectivity index (χ1n) is 5.61. The van der Waals surface area contributed by atoms with Crippen LogP contribution in [0.2, 0.25) is 0 Å². The molecule has 100 valence electrons. The number of rotatable bonds is 3. The molecule has 5 heteroatoms. The molecule has 0 aliphatic carbocycles. The molecule has 0 saturated carbocycles. The summed E-state index contributed by atoms with van der Waals surface area (Å²) in [5, 5.41) is 19.1. The summed E-state index contributed by atoms with van der Waals surface area (Å²) in [6, 6.07) is 9.07. The number of aromatic hydroxyl groups is 2. The molecule has 19 heavy (non-hydrogen) atoms. The molecule has 0 radical (unpaired) electrons. The lowest BCUT2D eigenvalue weighted by molar-refractivity contribution is 0.471. The first kappa shape index (κ1) is 14.9. The normalized spacial score (nSPS) is 10.7. The van der Waals surface area contributed by atoms with Gasteiger partial charge in [-0.2, -0.15) is 0 Å². The van der Waals surface area contributed by atoms with Crippen molar-refractivity contribution in [3.05, 3.63) is 54.9 Å². The maximum absolute atomic E-state index is 9.69. The smallest absolute Gasteiger partial charge is 0.130 e. The number of hydrogen-bond donors (Lipinski definition) is 2. The van der Waals surface area contributed by atoms with Crippen molar-refractivity contribution in [3.63, 3.8) is 0 Å². The monoisotopic (exact) mass is 448 g/mol. The van der Waals surface area contributed by atoms with Crippen molar-refractivity contribution in [1.29, 1.82) is 0 Å². The highest BCUT2D eigenvalue weighted by Gasteiger charge is 2.07. The molecule has 0 aromatic heterocycles. The highest BCUT2D eigenvalue weighted by Crippen LogP contribution is 2.31. The Morgan fingerprint density at radius 2 is 1.42 bits per heavy atom. The van der Waals surface area contributed by atoms with E-state index in [9.17, 15) is 10.2 Å². The van der Waals surface area contributed by atoms with Crippen LogP contribution in [0.3, 0.4) is 0 Å². The van der Waals surface area contributed by atoms with Crippen molar-refractivity contribution in [1.82, 2.24) is 0 Å². The molecule has 2 aromatic rings. The van der Waals surface area contributed by atoms with E-state index in [-0.39, 0.29) is 11.5 Å². The Balaban J connectivity index is 2.14. The lowest BCUT2D eigenvalue weighted by atomic mass is 10.0. The van der Waals surface area contributed by atoms with Gasteiger partial charge < -0.3 is 10.2 Å². The van der Waals surface area contributed by atoms with Crippen LogP contribution in [0.5, 0.6) is 11.5 Å². The van der Waals surface area contributed by atoms with E-state index in [4.69, 9.17) is 0 Å². The van der Waals surface area contributed by atoms with Gasteiger partial charge in [-0.25, -0.2) is 0 Å². The minimum atomic E-state index is 0.241. The van der Waals surface area contributed by atoms with Gasteiger partial charge in [-0.3, -0.25) is 0 Å². The Morgan fingerprint density at radius 1 is 0.737 bits per heavy atom. The van der Waals surface area contributed by atoms with Gasteiger partial charge in [0.2, 0.25) is 0 Å².